The van der Waals surface area contributed by atoms with Crippen molar-refractivity contribution >= 4 is 0 Å². The minimum Gasteiger partial charge on any atom is -0.488 e. The number of ether oxygens (including phenoxy) is 2. The van der Waals surface area contributed by atoms with Gasteiger partial charge >= 0.3 is 0 Å². The molecule has 2 aliphatic heterocycles. The molecule has 86 valence electrons. The lowest BCUT2D eigenvalue weighted by Crippen LogP contribution is -2.28. The van der Waals surface area contributed by atoms with E-state index in [0.29, 0.717) is 0 Å². The summed E-state index contributed by atoms with van der Waals surface area (Å²) in [6, 6.07) is 6.31. The van der Waals surface area contributed by atoms with E-state index in [1.165, 1.54) is 11.1 Å². The summed E-state index contributed by atoms with van der Waals surface area (Å²) in [5, 5.41) is 3.35. The highest BCUT2D eigenvalue weighted by Gasteiger charge is 2.19. The number of fused-ring (bicyclic) bond motifs is 1. The van der Waals surface area contributed by atoms with E-state index in [0.717, 1.165) is 44.9 Å². The summed E-state index contributed by atoms with van der Waals surface area (Å²) in [6.07, 6.45) is 2.45. The number of nitrogens with one attached hydrogen (secondary N) is 1. The van der Waals surface area contributed by atoms with Gasteiger partial charge in [0.05, 0.1) is 6.61 Å². The molecule has 3 heteroatoms. The molecular formula is C13H17NO2. The first kappa shape index (κ1) is 10.1. The molecular weight excluding hydrogens is 202 g/mol. The second kappa shape index (κ2) is 4.44. The van der Waals surface area contributed by atoms with Gasteiger partial charge in [-0.25, -0.2) is 0 Å². The number of benzene rings is 1. The molecule has 0 saturated carbocycles. The SMILES string of the molecule is c1cc2c(c(OC3CCCOC3)c1)CNC2. The van der Waals surface area contributed by atoms with Gasteiger partial charge in [-0.3, -0.25) is 0 Å². The van der Waals surface area contributed by atoms with Gasteiger partial charge in [-0.15, -0.1) is 0 Å². The molecule has 0 bridgehead atoms. The van der Waals surface area contributed by atoms with E-state index in [2.05, 4.69) is 23.5 Å². The summed E-state index contributed by atoms with van der Waals surface area (Å²) in [6.45, 7) is 3.51. The minimum absolute atomic E-state index is 0.237. The van der Waals surface area contributed by atoms with Crippen LogP contribution < -0.4 is 10.1 Å². The zero-order valence-electron chi connectivity index (χ0n) is 9.37. The van der Waals surface area contributed by atoms with Gasteiger partial charge in [0.2, 0.25) is 0 Å². The lowest BCUT2D eigenvalue weighted by atomic mass is 10.1. The summed E-state index contributed by atoms with van der Waals surface area (Å²) in [7, 11) is 0. The van der Waals surface area contributed by atoms with Gasteiger partial charge in [-0.1, -0.05) is 12.1 Å². The van der Waals surface area contributed by atoms with Crippen LogP contribution in [0.2, 0.25) is 0 Å². The first-order valence-corrected chi connectivity index (χ1v) is 5.99. The lowest BCUT2D eigenvalue weighted by Gasteiger charge is -2.24. The van der Waals surface area contributed by atoms with Crippen molar-refractivity contribution in [1.82, 2.24) is 5.32 Å². The Balaban J connectivity index is 1.76. The monoisotopic (exact) mass is 219 g/mol. The Bertz CT molecular complexity index is 372. The third-order valence-electron chi connectivity index (χ3n) is 3.26. The number of hydrogen-bond donors (Lipinski definition) is 1. The van der Waals surface area contributed by atoms with Gasteiger partial charge < -0.3 is 14.8 Å². The van der Waals surface area contributed by atoms with Crippen LogP contribution >= 0.6 is 0 Å². The van der Waals surface area contributed by atoms with Crippen LogP contribution in [-0.2, 0) is 17.8 Å². The van der Waals surface area contributed by atoms with Crippen LogP contribution in [0, 0.1) is 0 Å². The molecule has 2 heterocycles. The Morgan fingerprint density at radius 3 is 3.19 bits per heavy atom. The first-order chi connectivity index (χ1) is 7.93. The molecule has 3 rings (SSSR count). The van der Waals surface area contributed by atoms with Gasteiger partial charge in [0.15, 0.2) is 0 Å². The van der Waals surface area contributed by atoms with Crippen LogP contribution in [0.5, 0.6) is 5.75 Å². The Morgan fingerprint density at radius 2 is 2.31 bits per heavy atom. The number of hydrogen-bond acceptors (Lipinski definition) is 3. The zero-order chi connectivity index (χ0) is 10.8. The summed E-state index contributed by atoms with van der Waals surface area (Å²) in [4.78, 5) is 0. The second-order valence-electron chi connectivity index (χ2n) is 4.45. The van der Waals surface area contributed by atoms with Crippen LogP contribution in [0.15, 0.2) is 18.2 Å². The molecule has 0 aliphatic carbocycles. The number of rotatable bonds is 2. The van der Waals surface area contributed by atoms with Crippen LogP contribution in [0.4, 0.5) is 0 Å². The van der Waals surface area contributed by atoms with E-state index in [4.69, 9.17) is 9.47 Å². The van der Waals surface area contributed by atoms with Gasteiger partial charge in [0.25, 0.3) is 0 Å². The molecule has 1 unspecified atom stereocenters. The summed E-state index contributed by atoms with van der Waals surface area (Å²) in [5.74, 6) is 1.04. The molecule has 0 amide bonds. The van der Waals surface area contributed by atoms with Crippen LogP contribution in [0.1, 0.15) is 24.0 Å². The molecule has 3 nitrogen and oxygen atoms in total. The van der Waals surface area contributed by atoms with E-state index >= 15 is 0 Å². The van der Waals surface area contributed by atoms with Gasteiger partial charge in [-0.2, -0.15) is 0 Å². The Morgan fingerprint density at radius 1 is 1.31 bits per heavy atom. The van der Waals surface area contributed by atoms with Gasteiger partial charge in [0.1, 0.15) is 11.9 Å². The van der Waals surface area contributed by atoms with Crippen molar-refractivity contribution in [3.05, 3.63) is 29.3 Å². The molecule has 1 saturated heterocycles. The Hall–Kier alpha value is -1.06. The molecule has 1 aromatic rings. The summed E-state index contributed by atoms with van der Waals surface area (Å²) >= 11 is 0. The van der Waals surface area contributed by atoms with Crippen molar-refractivity contribution in [1.29, 1.82) is 0 Å². The second-order valence-corrected chi connectivity index (χ2v) is 4.45. The molecule has 2 aliphatic rings. The van der Waals surface area contributed by atoms with Crippen molar-refractivity contribution < 1.29 is 9.47 Å². The molecule has 0 radical (unpaired) electrons. The highest BCUT2D eigenvalue weighted by molar-refractivity contribution is 5.42. The van der Waals surface area contributed by atoms with Crippen molar-refractivity contribution in [2.45, 2.75) is 32.0 Å². The van der Waals surface area contributed by atoms with Crippen molar-refractivity contribution in [3.8, 4) is 5.75 Å². The van der Waals surface area contributed by atoms with Gasteiger partial charge in [-0.05, 0) is 24.5 Å². The van der Waals surface area contributed by atoms with E-state index in [1.807, 2.05) is 0 Å². The third kappa shape index (κ3) is 1.93. The maximum Gasteiger partial charge on any atom is 0.124 e. The average molecular weight is 219 g/mol. The fourth-order valence-electron chi connectivity index (χ4n) is 2.39. The van der Waals surface area contributed by atoms with E-state index < -0.39 is 0 Å². The molecule has 16 heavy (non-hydrogen) atoms. The molecule has 1 N–H and O–H groups in total. The van der Waals surface area contributed by atoms with Crippen LogP contribution in [-0.4, -0.2) is 19.3 Å². The third-order valence-corrected chi connectivity index (χ3v) is 3.26. The van der Waals surface area contributed by atoms with E-state index in [-0.39, 0.29) is 6.10 Å². The topological polar surface area (TPSA) is 30.5 Å². The van der Waals surface area contributed by atoms with E-state index in [9.17, 15) is 0 Å². The molecule has 1 atom stereocenters. The summed E-state index contributed by atoms with van der Waals surface area (Å²) in [5.41, 5.74) is 2.70. The van der Waals surface area contributed by atoms with Crippen molar-refractivity contribution in [3.63, 3.8) is 0 Å². The minimum atomic E-state index is 0.237. The first-order valence-electron chi connectivity index (χ1n) is 5.99. The maximum absolute atomic E-state index is 6.03. The molecule has 0 spiro atoms. The van der Waals surface area contributed by atoms with Crippen molar-refractivity contribution in [2.75, 3.05) is 13.2 Å². The average Bonchev–Trinajstić information content (AvgIpc) is 2.80. The normalized spacial score (nSPS) is 24.1. The predicted octanol–water partition coefficient (Wildman–Crippen LogP) is 1.85. The quantitative estimate of drug-likeness (QED) is 0.823. The van der Waals surface area contributed by atoms with Gasteiger partial charge in [0, 0.05) is 25.3 Å². The highest BCUT2D eigenvalue weighted by atomic mass is 16.5. The molecule has 1 fully saturated rings. The predicted molar refractivity (Wildman–Crippen MR) is 61.5 cm³/mol. The van der Waals surface area contributed by atoms with Crippen LogP contribution in [0.25, 0.3) is 0 Å². The maximum atomic E-state index is 6.03. The largest absolute Gasteiger partial charge is 0.488 e. The highest BCUT2D eigenvalue weighted by Crippen LogP contribution is 2.28. The Kier molecular flexibility index (Phi) is 2.80. The standard InChI is InChI=1S/C13H17NO2/c1-3-10-7-14-8-12(10)13(5-1)16-11-4-2-6-15-9-11/h1,3,5,11,14H,2,4,6-9H2. The van der Waals surface area contributed by atoms with E-state index in [1.54, 1.807) is 0 Å². The summed E-state index contributed by atoms with van der Waals surface area (Å²) < 4.78 is 11.5. The smallest absolute Gasteiger partial charge is 0.124 e. The van der Waals surface area contributed by atoms with Crippen LogP contribution in [0.3, 0.4) is 0 Å². The fraction of sp³-hybridized carbons (Fsp3) is 0.538. The van der Waals surface area contributed by atoms with Crippen molar-refractivity contribution in [2.24, 2.45) is 0 Å². The zero-order valence-corrected chi connectivity index (χ0v) is 9.37. The Labute approximate surface area is 95.8 Å². The fourth-order valence-corrected chi connectivity index (χ4v) is 2.39. The molecule has 0 aromatic heterocycles. The lowest BCUT2D eigenvalue weighted by molar-refractivity contribution is 0.00706. The molecule has 1 aromatic carbocycles.